The molecule has 0 aromatic heterocycles. The Kier molecular flexibility index (Phi) is 14.0. The number of aliphatic hydroxyl groups excluding tert-OH is 1. The van der Waals surface area contributed by atoms with Crippen LogP contribution in [0.15, 0.2) is 24.3 Å². The van der Waals surface area contributed by atoms with Crippen LogP contribution < -0.4 is 10.6 Å². The molecule has 2 aliphatic carbocycles. The predicted molar refractivity (Wildman–Crippen MR) is 175 cm³/mol. The van der Waals surface area contributed by atoms with E-state index < -0.39 is 108 Å². The Balaban J connectivity index is 1.69. The van der Waals surface area contributed by atoms with Crippen LogP contribution in [0.1, 0.15) is 99.5 Å². The highest BCUT2D eigenvalue weighted by Gasteiger charge is 2.49. The van der Waals surface area contributed by atoms with Crippen molar-refractivity contribution in [2.24, 2.45) is 0 Å². The normalized spacial score (nSPS) is 22.4. The standard InChI is InChI=1S/C33H42F8N2O8S2/c34-24-23(25(35)27(37)28(38)26(24)36)30(32(11-2-1-3-12-32)43-16-6-18-53(48,49)50)51-22-9-13-31(14-10-22,42-15-5-17-52(45,46)47)29(44)20-7-4-8-21(19-20)33(39,40)41/h4,7-8,19,22,29-30,42-44H,1-3,5-6,9-18H2,(H,45,46,47)(H,48,49,50). The van der Waals surface area contributed by atoms with Crippen molar-refractivity contribution in [3.63, 3.8) is 0 Å². The van der Waals surface area contributed by atoms with Crippen LogP contribution in [-0.4, -0.2) is 72.8 Å². The van der Waals surface area contributed by atoms with Gasteiger partial charge in [-0.1, -0.05) is 31.4 Å². The number of hydrogen-bond acceptors (Lipinski definition) is 8. The van der Waals surface area contributed by atoms with Crippen molar-refractivity contribution in [1.82, 2.24) is 10.6 Å². The molecule has 20 heteroatoms. The van der Waals surface area contributed by atoms with Gasteiger partial charge in [0.1, 0.15) is 6.10 Å². The minimum Gasteiger partial charge on any atom is -0.386 e. The molecule has 0 aliphatic heterocycles. The zero-order chi connectivity index (χ0) is 39.4. The van der Waals surface area contributed by atoms with E-state index in [1.807, 2.05) is 0 Å². The van der Waals surface area contributed by atoms with Crippen molar-refractivity contribution in [3.05, 3.63) is 70.0 Å². The van der Waals surface area contributed by atoms with Crippen molar-refractivity contribution >= 4 is 20.2 Å². The number of alkyl halides is 3. The van der Waals surface area contributed by atoms with E-state index in [1.165, 1.54) is 6.07 Å². The van der Waals surface area contributed by atoms with Crippen molar-refractivity contribution in [3.8, 4) is 0 Å². The lowest BCUT2D eigenvalue weighted by molar-refractivity contribution is -0.137. The summed E-state index contributed by atoms with van der Waals surface area (Å²) in [4.78, 5) is 0. The number of nitrogens with one attached hydrogen (secondary N) is 2. The third-order valence-electron chi connectivity index (χ3n) is 10.1. The summed E-state index contributed by atoms with van der Waals surface area (Å²) in [5, 5.41) is 17.6. The molecule has 53 heavy (non-hydrogen) atoms. The Hall–Kier alpha value is -2.46. The summed E-state index contributed by atoms with van der Waals surface area (Å²) in [6.07, 6.45) is -8.03. The van der Waals surface area contributed by atoms with Crippen LogP contribution in [0.3, 0.4) is 0 Å². The highest BCUT2D eigenvalue weighted by atomic mass is 32.2. The van der Waals surface area contributed by atoms with Crippen LogP contribution in [0.25, 0.3) is 0 Å². The first-order chi connectivity index (χ1) is 24.6. The summed E-state index contributed by atoms with van der Waals surface area (Å²) >= 11 is 0. The van der Waals surface area contributed by atoms with Crippen LogP contribution in [0.5, 0.6) is 0 Å². The molecule has 0 saturated heterocycles. The minimum absolute atomic E-state index is 0.0634. The first kappa shape index (κ1) is 43.3. The largest absolute Gasteiger partial charge is 0.416 e. The molecule has 0 radical (unpaired) electrons. The highest BCUT2D eigenvalue weighted by molar-refractivity contribution is 7.86. The lowest BCUT2D eigenvalue weighted by Crippen LogP contribution is -2.56. The van der Waals surface area contributed by atoms with Gasteiger partial charge < -0.3 is 20.5 Å². The second-order valence-electron chi connectivity index (χ2n) is 13.7. The molecule has 2 aromatic rings. The van der Waals surface area contributed by atoms with Crippen LogP contribution in [0, 0.1) is 29.1 Å². The van der Waals surface area contributed by atoms with Gasteiger partial charge in [0.15, 0.2) is 23.3 Å². The first-order valence-corrected chi connectivity index (χ1v) is 20.2. The maximum absolute atomic E-state index is 15.5. The van der Waals surface area contributed by atoms with Gasteiger partial charge in [-0.3, -0.25) is 9.11 Å². The fraction of sp³-hybridized carbons (Fsp3) is 0.636. The molecule has 0 spiro atoms. The Bertz CT molecular complexity index is 1770. The molecule has 2 saturated carbocycles. The molecule has 2 aromatic carbocycles. The Morgan fingerprint density at radius 3 is 1.74 bits per heavy atom. The number of halogens is 8. The minimum atomic E-state index is -4.74. The van der Waals surface area contributed by atoms with Crippen molar-refractivity contribution in [1.29, 1.82) is 0 Å². The third kappa shape index (κ3) is 10.9. The number of hydrogen-bond donors (Lipinski definition) is 5. The number of rotatable bonds is 16. The van der Waals surface area contributed by atoms with Gasteiger partial charge >= 0.3 is 6.18 Å². The summed E-state index contributed by atoms with van der Waals surface area (Å²) in [7, 11) is -8.76. The number of aliphatic hydroxyl groups is 1. The molecule has 2 atom stereocenters. The van der Waals surface area contributed by atoms with Crippen molar-refractivity contribution in [2.45, 2.75) is 106 Å². The summed E-state index contributed by atoms with van der Waals surface area (Å²) in [5.74, 6) is -12.4. The van der Waals surface area contributed by atoms with E-state index in [1.54, 1.807) is 0 Å². The highest BCUT2D eigenvalue weighted by Crippen LogP contribution is 2.47. The first-order valence-electron chi connectivity index (χ1n) is 17.0. The van der Waals surface area contributed by atoms with Gasteiger partial charge in [-0.05, 0) is 82.2 Å². The SMILES string of the molecule is O=S(=O)(O)CCCNC1(C(O)c2cccc(C(F)(F)F)c2)CCC(OC(c2c(F)c(F)c(F)c(F)c2F)C2(NCCCS(=O)(=O)O)CCCCC2)CC1. The lowest BCUT2D eigenvalue weighted by Gasteiger charge is -2.48. The third-order valence-corrected chi connectivity index (χ3v) is 11.7. The molecule has 4 rings (SSSR count). The Morgan fingerprint density at radius 2 is 1.25 bits per heavy atom. The van der Waals surface area contributed by atoms with Crippen LogP contribution in [0.4, 0.5) is 35.1 Å². The fourth-order valence-corrected chi connectivity index (χ4v) is 8.43. The molecule has 2 fully saturated rings. The smallest absolute Gasteiger partial charge is 0.386 e. The van der Waals surface area contributed by atoms with Gasteiger partial charge in [0, 0.05) is 11.1 Å². The van der Waals surface area contributed by atoms with Gasteiger partial charge in [-0.15, -0.1) is 0 Å². The predicted octanol–water partition coefficient (Wildman–Crippen LogP) is 6.31. The van der Waals surface area contributed by atoms with Gasteiger partial charge in [-0.2, -0.15) is 30.0 Å². The quantitative estimate of drug-likeness (QED) is 0.0427. The average molecular weight is 811 g/mol. The maximum Gasteiger partial charge on any atom is 0.416 e. The molecule has 0 bridgehead atoms. The molecular formula is C33H42F8N2O8S2. The van der Waals surface area contributed by atoms with Crippen LogP contribution in [0.2, 0.25) is 0 Å². The molecule has 0 amide bonds. The van der Waals surface area contributed by atoms with Gasteiger partial charge in [0.05, 0.1) is 34.8 Å². The molecule has 2 unspecified atom stereocenters. The summed E-state index contributed by atoms with van der Waals surface area (Å²) in [6.45, 7) is -0.273. The second kappa shape index (κ2) is 17.1. The molecule has 10 nitrogen and oxygen atoms in total. The van der Waals surface area contributed by atoms with Gasteiger partial charge in [-0.25, -0.2) is 22.0 Å². The average Bonchev–Trinajstić information content (AvgIpc) is 3.09. The maximum atomic E-state index is 15.5. The molecule has 5 N–H and O–H groups in total. The zero-order valence-corrected chi connectivity index (χ0v) is 30.0. The number of ether oxygens (including phenoxy) is 1. The molecule has 300 valence electrons. The van der Waals surface area contributed by atoms with E-state index in [2.05, 4.69) is 10.6 Å². The molecule has 0 heterocycles. The van der Waals surface area contributed by atoms with E-state index in [4.69, 9.17) is 9.29 Å². The molecular weight excluding hydrogens is 768 g/mol. The number of benzene rings is 2. The topological polar surface area (TPSA) is 162 Å². The van der Waals surface area contributed by atoms with E-state index in [-0.39, 0.29) is 70.0 Å². The monoisotopic (exact) mass is 810 g/mol. The fourth-order valence-electron chi connectivity index (χ4n) is 7.41. The zero-order valence-electron chi connectivity index (χ0n) is 28.4. The Morgan fingerprint density at radius 1 is 0.755 bits per heavy atom. The van der Waals surface area contributed by atoms with Crippen LogP contribution >= 0.6 is 0 Å². The van der Waals surface area contributed by atoms with E-state index in [0.29, 0.717) is 19.3 Å². The van der Waals surface area contributed by atoms with Crippen LogP contribution in [-0.2, 0) is 31.1 Å². The van der Waals surface area contributed by atoms with E-state index in [9.17, 15) is 52.8 Å². The van der Waals surface area contributed by atoms with E-state index >= 15 is 8.78 Å². The lowest BCUT2D eigenvalue weighted by atomic mass is 9.73. The van der Waals surface area contributed by atoms with Gasteiger partial charge in [0.25, 0.3) is 20.2 Å². The summed E-state index contributed by atoms with van der Waals surface area (Å²) < 4.78 is 185. The van der Waals surface area contributed by atoms with E-state index in [0.717, 1.165) is 18.2 Å². The summed E-state index contributed by atoms with van der Waals surface area (Å²) in [5.41, 5.74) is -5.30. The second-order valence-corrected chi connectivity index (χ2v) is 16.9. The Labute approximate surface area is 302 Å². The van der Waals surface area contributed by atoms with Gasteiger partial charge in [0.2, 0.25) is 5.82 Å². The summed E-state index contributed by atoms with van der Waals surface area (Å²) in [6, 6.07) is 3.94. The van der Waals surface area contributed by atoms with Crippen molar-refractivity contribution < 1.29 is 70.9 Å². The van der Waals surface area contributed by atoms with Crippen molar-refractivity contribution in [2.75, 3.05) is 24.6 Å². The molecule has 2 aliphatic rings.